The third-order valence-corrected chi connectivity index (χ3v) is 3.03. The Balaban J connectivity index is 2.07. The maximum absolute atomic E-state index is 12.0. The number of carbonyl (C=O) groups excluding carboxylic acids is 1. The fraction of sp³-hybridized carbons (Fsp3) is 0.105. The van der Waals surface area contributed by atoms with Gasteiger partial charge in [0.2, 0.25) is 0 Å². The van der Waals surface area contributed by atoms with Crippen molar-refractivity contribution in [2.75, 3.05) is 0 Å². The summed E-state index contributed by atoms with van der Waals surface area (Å²) in [5.74, 6) is 0.0332. The molecule has 0 aromatic heterocycles. The van der Waals surface area contributed by atoms with Gasteiger partial charge in [0, 0.05) is 5.56 Å². The average Bonchev–Trinajstić information content (AvgIpc) is 2.46. The zero-order valence-electron chi connectivity index (χ0n) is 11.8. The predicted molar refractivity (Wildman–Crippen MR) is 84.7 cm³/mol. The Morgan fingerprint density at radius 3 is 2.20 bits per heavy atom. The second-order valence-corrected chi connectivity index (χ2v) is 4.86. The number of hydrogen-bond acceptors (Lipinski definition) is 1. The van der Waals surface area contributed by atoms with Crippen LogP contribution >= 0.6 is 0 Å². The molecule has 0 heterocycles. The molecule has 1 heteroatoms. The summed E-state index contributed by atoms with van der Waals surface area (Å²) in [6, 6.07) is 17.7. The van der Waals surface area contributed by atoms with Crippen molar-refractivity contribution in [3.8, 4) is 0 Å². The van der Waals surface area contributed by atoms with Gasteiger partial charge in [0.05, 0.1) is 0 Å². The third-order valence-electron chi connectivity index (χ3n) is 3.03. The monoisotopic (exact) mass is 262 g/mol. The normalized spacial score (nSPS) is 11.8. The van der Waals surface area contributed by atoms with E-state index in [4.69, 9.17) is 0 Å². The van der Waals surface area contributed by atoms with Crippen molar-refractivity contribution >= 4 is 11.9 Å². The molecule has 0 amide bonds. The molecule has 1 nitrogen and oxygen atoms in total. The Hall–Kier alpha value is -2.41. The van der Waals surface area contributed by atoms with E-state index in [2.05, 4.69) is 6.08 Å². The molecule has 2 rings (SSSR count). The van der Waals surface area contributed by atoms with Gasteiger partial charge < -0.3 is 0 Å². The summed E-state index contributed by atoms with van der Waals surface area (Å²) in [5.41, 5.74) is 4.07. The number of allylic oxidation sites excluding steroid dienone is 3. The number of benzene rings is 2. The van der Waals surface area contributed by atoms with Crippen LogP contribution < -0.4 is 0 Å². The highest BCUT2D eigenvalue weighted by Crippen LogP contribution is 2.09. The molecule has 0 aliphatic heterocycles. The third kappa shape index (κ3) is 4.06. The molecule has 100 valence electrons. The molecule has 20 heavy (non-hydrogen) atoms. The minimum absolute atomic E-state index is 0.0332. The van der Waals surface area contributed by atoms with Crippen molar-refractivity contribution in [3.05, 3.63) is 89.0 Å². The standard InChI is InChI=1S/C19H18O/c1-15-8-11-18(12-9-15)19(20)13-10-16(2)14-17-6-4-3-5-7-17/h3-14H,1-2H3/b13-10+,16-14-. The van der Waals surface area contributed by atoms with E-state index in [9.17, 15) is 4.79 Å². The Morgan fingerprint density at radius 1 is 0.900 bits per heavy atom. The number of aryl methyl sites for hydroxylation is 1. The van der Waals surface area contributed by atoms with Gasteiger partial charge >= 0.3 is 0 Å². The largest absolute Gasteiger partial charge is 0.289 e. The summed E-state index contributed by atoms with van der Waals surface area (Å²) in [6.45, 7) is 4.00. The highest BCUT2D eigenvalue weighted by Gasteiger charge is 2.00. The van der Waals surface area contributed by atoms with Crippen LogP contribution in [0.1, 0.15) is 28.4 Å². The van der Waals surface area contributed by atoms with E-state index in [0.717, 1.165) is 22.3 Å². The zero-order valence-corrected chi connectivity index (χ0v) is 11.8. The first-order valence-corrected chi connectivity index (χ1v) is 6.67. The summed E-state index contributed by atoms with van der Waals surface area (Å²) in [5, 5.41) is 0. The van der Waals surface area contributed by atoms with Crippen LogP contribution in [0.5, 0.6) is 0 Å². The fourth-order valence-electron chi connectivity index (χ4n) is 1.88. The highest BCUT2D eigenvalue weighted by atomic mass is 16.1. The summed E-state index contributed by atoms with van der Waals surface area (Å²) in [7, 11) is 0. The number of ketones is 1. The topological polar surface area (TPSA) is 17.1 Å². The predicted octanol–water partition coefficient (Wildman–Crippen LogP) is 4.84. The number of hydrogen-bond donors (Lipinski definition) is 0. The summed E-state index contributed by atoms with van der Waals surface area (Å²) >= 11 is 0. The van der Waals surface area contributed by atoms with Crippen LogP contribution in [-0.2, 0) is 0 Å². The maximum Gasteiger partial charge on any atom is 0.185 e. The molecule has 0 spiro atoms. The van der Waals surface area contributed by atoms with Gasteiger partial charge in [-0.2, -0.15) is 0 Å². The second kappa shape index (κ2) is 6.67. The molecule has 0 N–H and O–H groups in total. The number of carbonyl (C=O) groups is 1. The zero-order chi connectivity index (χ0) is 14.4. The molecule has 0 unspecified atom stereocenters. The van der Waals surface area contributed by atoms with Gasteiger partial charge in [0.25, 0.3) is 0 Å². The molecule has 0 fully saturated rings. The van der Waals surface area contributed by atoms with Gasteiger partial charge in [-0.15, -0.1) is 0 Å². The first kappa shape index (κ1) is 14.0. The van der Waals surface area contributed by atoms with Crippen molar-refractivity contribution in [1.29, 1.82) is 0 Å². The molecule has 0 saturated carbocycles. The first-order valence-electron chi connectivity index (χ1n) is 6.67. The van der Waals surface area contributed by atoms with Crippen molar-refractivity contribution in [2.24, 2.45) is 0 Å². The minimum atomic E-state index is 0.0332. The average molecular weight is 262 g/mol. The van der Waals surface area contributed by atoms with E-state index in [-0.39, 0.29) is 5.78 Å². The Kier molecular flexibility index (Phi) is 4.67. The van der Waals surface area contributed by atoms with Gasteiger partial charge in [0.15, 0.2) is 5.78 Å². The van der Waals surface area contributed by atoms with Crippen LogP contribution in [0.15, 0.2) is 72.3 Å². The van der Waals surface area contributed by atoms with E-state index in [1.54, 1.807) is 6.08 Å². The first-order chi connectivity index (χ1) is 9.65. The lowest BCUT2D eigenvalue weighted by Crippen LogP contribution is -1.93. The minimum Gasteiger partial charge on any atom is -0.289 e. The van der Waals surface area contributed by atoms with Crippen LogP contribution in [-0.4, -0.2) is 5.78 Å². The maximum atomic E-state index is 12.0. The molecule has 0 atom stereocenters. The fourth-order valence-corrected chi connectivity index (χ4v) is 1.88. The van der Waals surface area contributed by atoms with E-state index >= 15 is 0 Å². The molecule has 2 aromatic carbocycles. The summed E-state index contributed by atoms with van der Waals surface area (Å²) in [6.07, 6.45) is 5.54. The molecular formula is C19H18O. The molecule has 0 bridgehead atoms. The van der Waals surface area contributed by atoms with Gasteiger partial charge in [0.1, 0.15) is 0 Å². The smallest absolute Gasteiger partial charge is 0.185 e. The molecular weight excluding hydrogens is 244 g/mol. The number of rotatable bonds is 4. The van der Waals surface area contributed by atoms with Gasteiger partial charge in [-0.1, -0.05) is 77.9 Å². The molecule has 0 aliphatic rings. The summed E-state index contributed by atoms with van der Waals surface area (Å²) < 4.78 is 0. The van der Waals surface area contributed by atoms with Crippen molar-refractivity contribution < 1.29 is 4.79 Å². The van der Waals surface area contributed by atoms with Crippen LogP contribution in [0.4, 0.5) is 0 Å². The Labute approximate surface area is 120 Å². The van der Waals surface area contributed by atoms with Crippen LogP contribution in [0, 0.1) is 6.92 Å². The van der Waals surface area contributed by atoms with Crippen molar-refractivity contribution in [2.45, 2.75) is 13.8 Å². The molecule has 0 aliphatic carbocycles. The Bertz CT molecular complexity index is 631. The van der Waals surface area contributed by atoms with Gasteiger partial charge in [-0.3, -0.25) is 4.79 Å². The Morgan fingerprint density at radius 2 is 1.55 bits per heavy atom. The highest BCUT2D eigenvalue weighted by molar-refractivity contribution is 6.04. The molecule has 0 radical (unpaired) electrons. The van der Waals surface area contributed by atoms with E-state index in [0.29, 0.717) is 0 Å². The van der Waals surface area contributed by atoms with E-state index in [1.165, 1.54) is 0 Å². The molecule has 2 aromatic rings. The second-order valence-electron chi connectivity index (χ2n) is 4.86. The lowest BCUT2D eigenvalue weighted by molar-refractivity contribution is 0.104. The van der Waals surface area contributed by atoms with Crippen molar-refractivity contribution in [1.82, 2.24) is 0 Å². The van der Waals surface area contributed by atoms with Gasteiger partial charge in [-0.05, 0) is 25.5 Å². The lowest BCUT2D eigenvalue weighted by atomic mass is 10.1. The quantitative estimate of drug-likeness (QED) is 0.438. The van der Waals surface area contributed by atoms with Crippen LogP contribution in [0.3, 0.4) is 0 Å². The van der Waals surface area contributed by atoms with E-state index < -0.39 is 0 Å². The van der Waals surface area contributed by atoms with Crippen molar-refractivity contribution in [3.63, 3.8) is 0 Å². The van der Waals surface area contributed by atoms with Crippen LogP contribution in [0.25, 0.3) is 6.08 Å². The van der Waals surface area contributed by atoms with Gasteiger partial charge in [-0.25, -0.2) is 0 Å². The van der Waals surface area contributed by atoms with E-state index in [1.807, 2.05) is 74.5 Å². The molecule has 0 saturated heterocycles. The SMILES string of the molecule is CC(=C/c1ccccc1)/C=C/C(=O)c1ccc(C)cc1. The summed E-state index contributed by atoms with van der Waals surface area (Å²) in [4.78, 5) is 12.0. The van der Waals surface area contributed by atoms with Crippen LogP contribution in [0.2, 0.25) is 0 Å². The lowest BCUT2D eigenvalue weighted by Gasteiger charge is -1.97.